The van der Waals surface area contributed by atoms with E-state index >= 15 is 0 Å². The zero-order valence-corrected chi connectivity index (χ0v) is 36.4. The molecule has 52 heavy (non-hydrogen) atoms. The molecule has 0 aromatic carbocycles. The molecule has 5 aromatic rings. The standard InChI is InChI=1S/C44H58N2S6/c1-3-5-7-9-11-13-15-17-19-21-23-33-25-27-35(47-33)37-29-31-39(49-37)43-41-42(46-52-45-41)44(51-43)40-32-30-38(50-40)36-28-26-34(48-36)24-22-20-18-16-14-12-10-8-6-4-2/h25-32H,3-24H2,1-2H3. The molecule has 1 aliphatic heterocycles. The lowest BCUT2D eigenvalue weighted by molar-refractivity contribution is 0.557. The lowest BCUT2D eigenvalue weighted by Crippen LogP contribution is -1.84. The summed E-state index contributed by atoms with van der Waals surface area (Å²) >= 11 is 11.0. The van der Waals surface area contributed by atoms with E-state index in [1.807, 2.05) is 56.7 Å². The van der Waals surface area contributed by atoms with Gasteiger partial charge in [0.1, 0.15) is 11.4 Å². The highest BCUT2D eigenvalue weighted by Gasteiger charge is 2.25. The van der Waals surface area contributed by atoms with Crippen molar-refractivity contribution in [2.75, 3.05) is 0 Å². The Morgan fingerprint density at radius 3 is 1.08 bits per heavy atom. The van der Waals surface area contributed by atoms with Gasteiger partial charge in [-0.15, -0.1) is 56.7 Å². The number of hydrogen-bond donors (Lipinski definition) is 0. The molecule has 5 aromatic heterocycles. The number of nitrogens with zero attached hydrogens (tertiary/aromatic N) is 2. The van der Waals surface area contributed by atoms with E-state index in [9.17, 15) is 0 Å². The number of fused-ring (bicyclic) bond motifs is 1. The van der Waals surface area contributed by atoms with E-state index < -0.39 is 0 Å². The fourth-order valence-corrected chi connectivity index (χ4v) is 13.4. The van der Waals surface area contributed by atoms with Crippen LogP contribution in [0.5, 0.6) is 0 Å². The van der Waals surface area contributed by atoms with E-state index in [0.29, 0.717) is 0 Å². The molecule has 0 bridgehead atoms. The van der Waals surface area contributed by atoms with Crippen LogP contribution in [0.2, 0.25) is 0 Å². The largest absolute Gasteiger partial charge is 0.171 e. The van der Waals surface area contributed by atoms with Gasteiger partial charge < -0.3 is 0 Å². The van der Waals surface area contributed by atoms with Gasteiger partial charge in [-0.2, -0.15) is 8.73 Å². The Morgan fingerprint density at radius 1 is 0.346 bits per heavy atom. The summed E-state index contributed by atoms with van der Waals surface area (Å²) in [6.45, 7) is 4.59. The first-order valence-corrected chi connectivity index (χ1v) is 25.2. The summed E-state index contributed by atoms with van der Waals surface area (Å²) in [5.41, 5.74) is 2.13. The van der Waals surface area contributed by atoms with Crippen LogP contribution in [0, 0.1) is 0 Å². The minimum Gasteiger partial charge on any atom is -0.171 e. The molecule has 1 aliphatic rings. The van der Waals surface area contributed by atoms with Gasteiger partial charge in [-0.25, -0.2) is 0 Å². The lowest BCUT2D eigenvalue weighted by atomic mass is 10.1. The van der Waals surface area contributed by atoms with Crippen molar-refractivity contribution in [2.45, 2.75) is 155 Å². The van der Waals surface area contributed by atoms with Crippen LogP contribution < -0.4 is 0 Å². The van der Waals surface area contributed by atoms with Crippen LogP contribution in [-0.2, 0) is 24.2 Å². The molecule has 0 saturated heterocycles. The molecule has 2 nitrogen and oxygen atoms in total. The molecule has 6 heterocycles. The van der Waals surface area contributed by atoms with Crippen LogP contribution >= 0.6 is 56.7 Å². The summed E-state index contributed by atoms with van der Waals surface area (Å²) in [4.78, 5) is 13.7. The summed E-state index contributed by atoms with van der Waals surface area (Å²) in [5, 5.41) is 0. The predicted octanol–water partition coefficient (Wildman–Crippen LogP) is 18.3. The van der Waals surface area contributed by atoms with Crippen molar-refractivity contribution in [3.05, 3.63) is 58.3 Å². The van der Waals surface area contributed by atoms with Crippen LogP contribution in [0.1, 0.15) is 152 Å². The first-order valence-electron chi connectivity index (χ1n) is 20.4. The minimum atomic E-state index is 1.07. The zero-order chi connectivity index (χ0) is 35.8. The summed E-state index contributed by atoms with van der Waals surface area (Å²) in [6, 6.07) is 18.6. The number of hydrogen-bond acceptors (Lipinski definition) is 7. The van der Waals surface area contributed by atoms with Crippen LogP contribution in [0.15, 0.2) is 57.3 Å². The molecule has 280 valence electrons. The maximum Gasteiger partial charge on any atom is 0.124 e. The van der Waals surface area contributed by atoms with Crippen molar-refractivity contribution in [3.8, 4) is 39.0 Å². The van der Waals surface area contributed by atoms with Crippen LogP contribution in [0.4, 0.5) is 11.4 Å². The number of rotatable bonds is 26. The molecule has 6 rings (SSSR count). The van der Waals surface area contributed by atoms with E-state index in [1.54, 1.807) is 0 Å². The average molecular weight is 807 g/mol. The second-order valence-electron chi connectivity index (χ2n) is 14.4. The molecule has 0 atom stereocenters. The van der Waals surface area contributed by atoms with E-state index in [-0.39, 0.29) is 0 Å². The fourth-order valence-electron chi connectivity index (χ4n) is 7.07. The third-order valence-corrected chi connectivity index (χ3v) is 17.1. The molecule has 0 spiro atoms. The van der Waals surface area contributed by atoms with Crippen LogP contribution in [-0.4, -0.2) is 0 Å². The maximum absolute atomic E-state index is 4.80. The second-order valence-corrected chi connectivity index (χ2v) is 20.5. The fraction of sp³-hybridized carbons (Fsp3) is 0.545. The summed E-state index contributed by atoms with van der Waals surface area (Å²) < 4.78 is 9.59. The molecule has 0 radical (unpaired) electrons. The van der Waals surface area contributed by atoms with Gasteiger partial charge in [-0.05, 0) is 74.2 Å². The first-order chi connectivity index (χ1) is 25.7. The Kier molecular flexibility index (Phi) is 16.9. The molecular weight excluding hydrogens is 749 g/mol. The smallest absolute Gasteiger partial charge is 0.124 e. The normalized spacial score (nSPS) is 12.3. The number of unbranched alkanes of at least 4 members (excludes halogenated alkanes) is 18. The van der Waals surface area contributed by atoms with Gasteiger partial charge in [-0.1, -0.05) is 129 Å². The number of thiophene rings is 5. The molecule has 8 heteroatoms. The first kappa shape index (κ1) is 40.0. The Bertz CT molecular complexity index is 1710. The lowest BCUT2D eigenvalue weighted by Gasteiger charge is -2.02. The van der Waals surface area contributed by atoms with Crippen molar-refractivity contribution in [2.24, 2.45) is 8.73 Å². The SMILES string of the molecule is CCCCCCCCCCCCc1ccc(-c2ccc(-c3sc(-c4ccc(-c5ccc(CCCCCCCCCCCC)s5)s4)c4c3N=S=N4)s2)s1. The Balaban J connectivity index is 0.984. The number of aryl methyl sites for hydroxylation is 2. The van der Waals surface area contributed by atoms with E-state index in [4.69, 9.17) is 8.73 Å². The minimum absolute atomic E-state index is 1.07. The van der Waals surface area contributed by atoms with Crippen molar-refractivity contribution >= 4 is 79.4 Å². The van der Waals surface area contributed by atoms with E-state index in [0.717, 1.165) is 11.4 Å². The average Bonchev–Trinajstić information content (AvgIpc) is 4.00. The van der Waals surface area contributed by atoms with E-state index in [1.165, 1.54) is 201 Å². The van der Waals surface area contributed by atoms with Crippen molar-refractivity contribution in [1.29, 1.82) is 0 Å². The third-order valence-electron chi connectivity index (χ3n) is 10.1. The highest BCUT2D eigenvalue weighted by molar-refractivity contribution is 7.58. The summed E-state index contributed by atoms with van der Waals surface area (Å²) in [6.07, 6.45) is 30.3. The monoisotopic (exact) mass is 806 g/mol. The second kappa shape index (κ2) is 22.0. The predicted molar refractivity (Wildman–Crippen MR) is 240 cm³/mol. The van der Waals surface area contributed by atoms with Gasteiger partial charge in [0.2, 0.25) is 0 Å². The van der Waals surface area contributed by atoms with Gasteiger partial charge in [0, 0.05) is 39.0 Å². The Hall–Kier alpha value is -1.68. The molecule has 0 aliphatic carbocycles. The van der Waals surface area contributed by atoms with Gasteiger partial charge in [-0.3, -0.25) is 0 Å². The van der Waals surface area contributed by atoms with Gasteiger partial charge >= 0.3 is 0 Å². The topological polar surface area (TPSA) is 24.7 Å². The molecule has 0 saturated carbocycles. The van der Waals surface area contributed by atoms with Gasteiger partial charge in [0.05, 0.1) is 21.1 Å². The van der Waals surface area contributed by atoms with Crippen LogP contribution in [0.25, 0.3) is 39.0 Å². The van der Waals surface area contributed by atoms with Crippen molar-refractivity contribution in [1.82, 2.24) is 0 Å². The quantitative estimate of drug-likeness (QED) is 0.0488. The third kappa shape index (κ3) is 11.7. The summed E-state index contributed by atoms with van der Waals surface area (Å²) in [7, 11) is 0. The Labute approximate surface area is 338 Å². The molecule has 0 fully saturated rings. The maximum atomic E-state index is 4.80. The molecule has 0 amide bonds. The zero-order valence-electron chi connectivity index (χ0n) is 31.5. The van der Waals surface area contributed by atoms with Crippen LogP contribution in [0.3, 0.4) is 0 Å². The van der Waals surface area contributed by atoms with E-state index in [2.05, 4.69) is 62.4 Å². The van der Waals surface area contributed by atoms with Crippen molar-refractivity contribution < 1.29 is 0 Å². The summed E-state index contributed by atoms with van der Waals surface area (Å²) in [5.74, 6) is 0. The highest BCUT2D eigenvalue weighted by Crippen LogP contribution is 2.57. The Morgan fingerprint density at radius 2 is 0.673 bits per heavy atom. The highest BCUT2D eigenvalue weighted by atomic mass is 32.1. The molecule has 0 N–H and O–H groups in total. The van der Waals surface area contributed by atoms with Crippen molar-refractivity contribution in [3.63, 3.8) is 0 Å². The van der Waals surface area contributed by atoms with Gasteiger partial charge in [0.25, 0.3) is 0 Å². The molecule has 0 unspecified atom stereocenters. The molecular formula is C44H58N2S6. The van der Waals surface area contributed by atoms with Gasteiger partial charge in [0.15, 0.2) is 0 Å².